The van der Waals surface area contributed by atoms with Crippen molar-refractivity contribution in [3.8, 4) is 0 Å². The van der Waals surface area contributed by atoms with E-state index in [-0.39, 0.29) is 17.4 Å². The number of nitrogens with zero attached hydrogens (tertiary/aromatic N) is 1. The van der Waals surface area contributed by atoms with Crippen LogP contribution in [-0.4, -0.2) is 48.2 Å². The Bertz CT molecular complexity index is 336. The lowest BCUT2D eigenvalue weighted by molar-refractivity contribution is -0.157. The molecule has 0 N–H and O–H groups in total. The predicted octanol–water partition coefficient (Wildman–Crippen LogP) is 1.11. The summed E-state index contributed by atoms with van der Waals surface area (Å²) >= 11 is 0. The molecule has 0 aromatic carbocycles. The molecular formula is C13H21NO4. The van der Waals surface area contributed by atoms with Crippen LogP contribution < -0.4 is 0 Å². The van der Waals surface area contributed by atoms with Gasteiger partial charge >= 0.3 is 5.97 Å². The van der Waals surface area contributed by atoms with Crippen LogP contribution in [0, 0.1) is 0 Å². The van der Waals surface area contributed by atoms with Gasteiger partial charge in [0.05, 0.1) is 6.61 Å². The van der Waals surface area contributed by atoms with Crippen LogP contribution in [0.15, 0.2) is 0 Å². The van der Waals surface area contributed by atoms with E-state index in [0.29, 0.717) is 26.2 Å². The van der Waals surface area contributed by atoms with Crippen molar-refractivity contribution in [3.05, 3.63) is 0 Å². The van der Waals surface area contributed by atoms with Gasteiger partial charge in [-0.3, -0.25) is 4.79 Å². The Hall–Kier alpha value is -1.10. The lowest BCUT2D eigenvalue weighted by atomic mass is 9.87. The van der Waals surface area contributed by atoms with Gasteiger partial charge in [-0.25, -0.2) is 4.79 Å². The van der Waals surface area contributed by atoms with E-state index in [1.54, 1.807) is 11.8 Å². The quantitative estimate of drug-likeness (QED) is 0.694. The average molecular weight is 255 g/mol. The molecule has 102 valence electrons. The van der Waals surface area contributed by atoms with Gasteiger partial charge < -0.3 is 14.4 Å². The van der Waals surface area contributed by atoms with Gasteiger partial charge in [-0.1, -0.05) is 0 Å². The highest BCUT2D eigenvalue weighted by molar-refractivity contribution is 5.84. The zero-order valence-electron chi connectivity index (χ0n) is 11.1. The summed E-state index contributed by atoms with van der Waals surface area (Å²) in [5, 5.41) is 0. The zero-order chi connectivity index (χ0) is 13.2. The number of carbonyl (C=O) groups is 2. The molecule has 0 bridgehead atoms. The van der Waals surface area contributed by atoms with Crippen molar-refractivity contribution in [2.24, 2.45) is 0 Å². The second kappa shape index (κ2) is 5.26. The van der Waals surface area contributed by atoms with Crippen molar-refractivity contribution < 1.29 is 19.1 Å². The molecule has 5 nitrogen and oxygen atoms in total. The van der Waals surface area contributed by atoms with Crippen LogP contribution in [0.2, 0.25) is 0 Å². The van der Waals surface area contributed by atoms with E-state index < -0.39 is 6.04 Å². The van der Waals surface area contributed by atoms with E-state index in [2.05, 4.69) is 0 Å². The van der Waals surface area contributed by atoms with Gasteiger partial charge in [0.1, 0.15) is 6.04 Å². The SMILES string of the molecule is CCOC(=O)[C@@H]1CCC2(CCOCC2)N1C(C)=O. The first-order valence-corrected chi connectivity index (χ1v) is 6.65. The minimum Gasteiger partial charge on any atom is -0.464 e. The summed E-state index contributed by atoms with van der Waals surface area (Å²) in [6, 6.07) is -0.402. The van der Waals surface area contributed by atoms with Crippen LogP contribution in [0.4, 0.5) is 0 Å². The molecule has 2 heterocycles. The van der Waals surface area contributed by atoms with Crippen molar-refractivity contribution in [2.45, 2.75) is 51.1 Å². The Balaban J connectivity index is 2.19. The first-order valence-electron chi connectivity index (χ1n) is 6.65. The molecular weight excluding hydrogens is 234 g/mol. The van der Waals surface area contributed by atoms with E-state index in [1.165, 1.54) is 6.92 Å². The lowest BCUT2D eigenvalue weighted by Gasteiger charge is -2.42. The second-order valence-electron chi connectivity index (χ2n) is 5.03. The molecule has 18 heavy (non-hydrogen) atoms. The molecule has 0 aromatic heterocycles. The second-order valence-corrected chi connectivity index (χ2v) is 5.03. The summed E-state index contributed by atoms with van der Waals surface area (Å²) in [7, 11) is 0. The standard InChI is InChI=1S/C13H21NO4/c1-3-18-12(16)11-4-5-13(14(11)10(2)15)6-8-17-9-7-13/h11H,3-9H2,1-2H3/t11-/m0/s1. The highest BCUT2D eigenvalue weighted by Gasteiger charge is 2.51. The molecule has 5 heteroatoms. The normalized spacial score (nSPS) is 26.3. The fourth-order valence-electron chi connectivity index (χ4n) is 3.24. The summed E-state index contributed by atoms with van der Waals surface area (Å²) in [5.74, 6) is -0.302. The largest absolute Gasteiger partial charge is 0.464 e. The number of likely N-dealkylation sites (tertiary alicyclic amines) is 1. The number of hydrogen-bond donors (Lipinski definition) is 0. The van der Waals surface area contributed by atoms with Gasteiger partial charge in [0, 0.05) is 25.7 Å². The van der Waals surface area contributed by atoms with Crippen LogP contribution in [0.5, 0.6) is 0 Å². The fourth-order valence-corrected chi connectivity index (χ4v) is 3.24. The first kappa shape index (κ1) is 13.3. The molecule has 1 amide bonds. The topological polar surface area (TPSA) is 55.8 Å². The molecule has 2 fully saturated rings. The van der Waals surface area contributed by atoms with Gasteiger partial charge in [-0.05, 0) is 32.6 Å². The third kappa shape index (κ3) is 2.23. The van der Waals surface area contributed by atoms with Crippen LogP contribution in [0.25, 0.3) is 0 Å². The van der Waals surface area contributed by atoms with Crippen molar-refractivity contribution >= 4 is 11.9 Å². The molecule has 0 aromatic rings. The molecule has 0 radical (unpaired) electrons. The Morgan fingerprint density at radius 3 is 2.56 bits per heavy atom. The molecule has 1 atom stereocenters. The van der Waals surface area contributed by atoms with Crippen molar-refractivity contribution in [1.82, 2.24) is 4.90 Å². The number of esters is 1. The van der Waals surface area contributed by atoms with Gasteiger partial charge in [-0.15, -0.1) is 0 Å². The molecule has 2 aliphatic heterocycles. The smallest absolute Gasteiger partial charge is 0.328 e. The van der Waals surface area contributed by atoms with Crippen LogP contribution in [0.1, 0.15) is 39.5 Å². The average Bonchev–Trinajstić information content (AvgIpc) is 2.70. The maximum atomic E-state index is 11.9. The number of amides is 1. The van der Waals surface area contributed by atoms with Crippen LogP contribution >= 0.6 is 0 Å². The molecule has 0 unspecified atom stereocenters. The summed E-state index contributed by atoms with van der Waals surface area (Å²) in [6.45, 7) is 5.01. The molecule has 0 saturated carbocycles. The summed E-state index contributed by atoms with van der Waals surface area (Å²) in [5.41, 5.74) is -0.179. The third-order valence-electron chi connectivity index (χ3n) is 4.03. The molecule has 2 saturated heterocycles. The van der Waals surface area contributed by atoms with Crippen molar-refractivity contribution in [3.63, 3.8) is 0 Å². The number of rotatable bonds is 2. The fraction of sp³-hybridized carbons (Fsp3) is 0.846. The predicted molar refractivity (Wildman–Crippen MR) is 65.0 cm³/mol. The Morgan fingerprint density at radius 2 is 2.00 bits per heavy atom. The van der Waals surface area contributed by atoms with Gasteiger partial charge in [0.2, 0.25) is 5.91 Å². The van der Waals surface area contributed by atoms with Gasteiger partial charge in [-0.2, -0.15) is 0 Å². The lowest BCUT2D eigenvalue weighted by Crippen LogP contribution is -2.54. The molecule has 0 aliphatic carbocycles. The molecule has 1 spiro atoms. The van der Waals surface area contributed by atoms with E-state index >= 15 is 0 Å². The third-order valence-corrected chi connectivity index (χ3v) is 4.03. The maximum Gasteiger partial charge on any atom is 0.328 e. The Labute approximate surface area is 107 Å². The highest BCUT2D eigenvalue weighted by Crippen LogP contribution is 2.41. The van der Waals surface area contributed by atoms with E-state index in [4.69, 9.17) is 9.47 Å². The Morgan fingerprint density at radius 1 is 1.33 bits per heavy atom. The van der Waals surface area contributed by atoms with Gasteiger partial charge in [0.25, 0.3) is 0 Å². The minimum atomic E-state index is -0.402. The minimum absolute atomic E-state index is 0.0348. The number of ether oxygens (including phenoxy) is 2. The highest BCUT2D eigenvalue weighted by atomic mass is 16.5. The van der Waals surface area contributed by atoms with E-state index in [9.17, 15) is 9.59 Å². The van der Waals surface area contributed by atoms with E-state index in [0.717, 1.165) is 19.3 Å². The van der Waals surface area contributed by atoms with Gasteiger partial charge in [0.15, 0.2) is 0 Å². The van der Waals surface area contributed by atoms with Crippen LogP contribution in [0.3, 0.4) is 0 Å². The first-order chi connectivity index (χ1) is 8.60. The number of carbonyl (C=O) groups excluding carboxylic acids is 2. The summed E-state index contributed by atoms with van der Waals surface area (Å²) in [6.07, 6.45) is 3.23. The van der Waals surface area contributed by atoms with Crippen molar-refractivity contribution in [1.29, 1.82) is 0 Å². The van der Waals surface area contributed by atoms with Crippen molar-refractivity contribution in [2.75, 3.05) is 19.8 Å². The van der Waals surface area contributed by atoms with E-state index in [1.807, 2.05) is 0 Å². The molecule has 2 rings (SSSR count). The monoisotopic (exact) mass is 255 g/mol. The van der Waals surface area contributed by atoms with Crippen LogP contribution in [-0.2, 0) is 19.1 Å². The zero-order valence-corrected chi connectivity index (χ0v) is 11.1. The maximum absolute atomic E-state index is 11.9. The number of hydrogen-bond acceptors (Lipinski definition) is 4. The Kier molecular flexibility index (Phi) is 3.90. The summed E-state index contributed by atoms with van der Waals surface area (Å²) < 4.78 is 10.4. The molecule has 2 aliphatic rings. The summed E-state index contributed by atoms with van der Waals surface area (Å²) in [4.78, 5) is 25.6.